The fourth-order valence-electron chi connectivity index (χ4n) is 4.01. The molecule has 8 heteroatoms. The lowest BCUT2D eigenvalue weighted by Gasteiger charge is -2.28. The molecule has 148 valence electrons. The van der Waals surface area contributed by atoms with Gasteiger partial charge in [-0.2, -0.15) is 5.10 Å². The molecule has 1 N–H and O–H groups in total. The second-order valence-electron chi connectivity index (χ2n) is 7.50. The number of carbonyl (C=O) groups excluding carboxylic acids is 1. The summed E-state index contributed by atoms with van der Waals surface area (Å²) in [4.78, 5) is 23.4. The van der Waals surface area contributed by atoms with Gasteiger partial charge in [0, 0.05) is 36.4 Å². The topological polar surface area (TPSA) is 75.4 Å². The molecule has 2 aliphatic rings. The zero-order chi connectivity index (χ0) is 20.0. The van der Waals surface area contributed by atoms with Crippen molar-refractivity contribution in [3.05, 3.63) is 53.5 Å². The van der Waals surface area contributed by atoms with Crippen molar-refractivity contribution in [2.75, 3.05) is 18.4 Å². The van der Waals surface area contributed by atoms with Crippen LogP contribution >= 0.6 is 0 Å². The van der Waals surface area contributed by atoms with Crippen LogP contribution in [0.1, 0.15) is 34.6 Å². The Morgan fingerprint density at radius 2 is 2.21 bits per heavy atom. The van der Waals surface area contributed by atoms with Crippen molar-refractivity contribution in [2.45, 2.75) is 25.6 Å². The zero-order valence-electron chi connectivity index (χ0n) is 16.1. The standard InChI is InChI=1S/C21H21FN6O/c1-27-17-10-15(25-20-18-13(11-24-20)4-2-8-23-18)6-7-16(17)19(26-27)21(29)28-9-3-5-14(22)12-28/h2,4,6-8,10,14H,3,5,9,11-12H2,1H3,(H,24,25). The molecule has 7 nitrogen and oxygen atoms in total. The number of aliphatic imine (C=N–C) groups is 1. The number of alkyl halides is 1. The number of hydrogen-bond donors (Lipinski definition) is 1. The number of carbonyl (C=O) groups is 1. The van der Waals surface area contributed by atoms with E-state index in [0.29, 0.717) is 31.6 Å². The van der Waals surface area contributed by atoms with E-state index in [9.17, 15) is 9.18 Å². The van der Waals surface area contributed by atoms with E-state index in [1.165, 1.54) is 0 Å². The first kappa shape index (κ1) is 17.8. The molecular weight excluding hydrogens is 371 g/mol. The van der Waals surface area contributed by atoms with E-state index in [0.717, 1.165) is 33.7 Å². The molecule has 0 radical (unpaired) electrons. The largest absolute Gasteiger partial charge is 0.339 e. The number of amidine groups is 1. The number of rotatable bonds is 2. The summed E-state index contributed by atoms with van der Waals surface area (Å²) in [7, 11) is 1.81. The monoisotopic (exact) mass is 392 g/mol. The SMILES string of the molecule is Cn1nc(C(=O)N2CCCC(F)C2)c2ccc(NC3=NCc4cccnc43)cc21. The molecule has 29 heavy (non-hydrogen) atoms. The van der Waals surface area contributed by atoms with Gasteiger partial charge in [-0.3, -0.25) is 19.5 Å². The predicted octanol–water partition coefficient (Wildman–Crippen LogP) is 2.91. The first-order chi connectivity index (χ1) is 14.1. The Kier molecular flexibility index (Phi) is 4.26. The van der Waals surface area contributed by atoms with Gasteiger partial charge in [0.25, 0.3) is 5.91 Å². The number of pyridine rings is 1. The minimum atomic E-state index is -0.956. The molecule has 1 fully saturated rings. The Morgan fingerprint density at radius 3 is 3.07 bits per heavy atom. The molecule has 1 atom stereocenters. The molecule has 1 saturated heterocycles. The van der Waals surface area contributed by atoms with Gasteiger partial charge in [-0.15, -0.1) is 0 Å². The van der Waals surface area contributed by atoms with E-state index >= 15 is 0 Å². The molecule has 1 aromatic carbocycles. The van der Waals surface area contributed by atoms with Crippen LogP contribution in [0, 0.1) is 0 Å². The number of aryl methyl sites for hydroxylation is 1. The van der Waals surface area contributed by atoms with Gasteiger partial charge in [0.1, 0.15) is 11.9 Å². The second-order valence-corrected chi connectivity index (χ2v) is 7.50. The van der Waals surface area contributed by atoms with E-state index in [1.807, 2.05) is 30.3 Å². The van der Waals surface area contributed by atoms with Crippen molar-refractivity contribution in [1.29, 1.82) is 0 Å². The minimum absolute atomic E-state index is 0.142. The van der Waals surface area contributed by atoms with Crippen molar-refractivity contribution in [1.82, 2.24) is 19.7 Å². The number of amides is 1. The van der Waals surface area contributed by atoms with E-state index in [2.05, 4.69) is 20.4 Å². The highest BCUT2D eigenvalue weighted by Crippen LogP contribution is 2.26. The molecule has 0 saturated carbocycles. The average Bonchev–Trinajstić information content (AvgIpc) is 3.29. The van der Waals surface area contributed by atoms with Crippen LogP contribution in [0.5, 0.6) is 0 Å². The highest BCUT2D eigenvalue weighted by molar-refractivity contribution is 6.11. The van der Waals surface area contributed by atoms with Crippen LogP contribution in [0.25, 0.3) is 10.9 Å². The lowest BCUT2D eigenvalue weighted by atomic mass is 10.1. The summed E-state index contributed by atoms with van der Waals surface area (Å²) < 4.78 is 15.4. The van der Waals surface area contributed by atoms with Crippen LogP contribution < -0.4 is 5.32 Å². The van der Waals surface area contributed by atoms with Gasteiger partial charge in [0.15, 0.2) is 11.5 Å². The van der Waals surface area contributed by atoms with Crippen LogP contribution in [-0.2, 0) is 13.6 Å². The summed E-state index contributed by atoms with van der Waals surface area (Å²) in [5, 5.41) is 8.52. The summed E-state index contributed by atoms with van der Waals surface area (Å²) in [6.07, 6.45) is 2.00. The Morgan fingerprint density at radius 1 is 1.31 bits per heavy atom. The van der Waals surface area contributed by atoms with Crippen molar-refractivity contribution < 1.29 is 9.18 Å². The number of aromatic nitrogens is 3. The maximum absolute atomic E-state index is 13.7. The third-order valence-corrected chi connectivity index (χ3v) is 5.49. The first-order valence-corrected chi connectivity index (χ1v) is 9.76. The van der Waals surface area contributed by atoms with Gasteiger partial charge in [0.2, 0.25) is 0 Å². The molecule has 0 bridgehead atoms. The number of likely N-dealkylation sites (tertiary alicyclic amines) is 1. The molecule has 5 rings (SSSR count). The van der Waals surface area contributed by atoms with Crippen molar-refractivity contribution in [3.8, 4) is 0 Å². The highest BCUT2D eigenvalue weighted by atomic mass is 19.1. The highest BCUT2D eigenvalue weighted by Gasteiger charge is 2.27. The molecule has 4 heterocycles. The van der Waals surface area contributed by atoms with Gasteiger partial charge in [0.05, 0.1) is 18.6 Å². The number of piperidine rings is 1. The second kappa shape index (κ2) is 6.95. The normalized spacial score (nSPS) is 18.6. The van der Waals surface area contributed by atoms with Gasteiger partial charge >= 0.3 is 0 Å². The molecule has 2 aliphatic heterocycles. The number of fused-ring (bicyclic) bond motifs is 2. The summed E-state index contributed by atoms with van der Waals surface area (Å²) in [6.45, 7) is 1.33. The number of nitrogens with one attached hydrogen (secondary N) is 1. The number of anilines is 1. The van der Waals surface area contributed by atoms with Gasteiger partial charge in [-0.05, 0) is 37.1 Å². The molecule has 1 amide bonds. The number of halogens is 1. The van der Waals surface area contributed by atoms with Gasteiger partial charge in [-0.1, -0.05) is 6.07 Å². The average molecular weight is 392 g/mol. The fourth-order valence-corrected chi connectivity index (χ4v) is 4.01. The summed E-state index contributed by atoms with van der Waals surface area (Å²) >= 11 is 0. The van der Waals surface area contributed by atoms with E-state index in [4.69, 9.17) is 0 Å². The Balaban J connectivity index is 1.43. The fraction of sp³-hybridized carbons (Fsp3) is 0.333. The molecule has 0 aliphatic carbocycles. The maximum atomic E-state index is 13.7. The molecule has 3 aromatic rings. The Labute approximate surface area is 167 Å². The molecule has 2 aromatic heterocycles. The lowest BCUT2D eigenvalue weighted by molar-refractivity contribution is 0.0631. The van der Waals surface area contributed by atoms with Crippen molar-refractivity contribution in [2.24, 2.45) is 12.0 Å². The third kappa shape index (κ3) is 3.14. The summed E-state index contributed by atoms with van der Waals surface area (Å²) in [5.41, 5.74) is 4.00. The van der Waals surface area contributed by atoms with Crippen LogP contribution in [0.3, 0.4) is 0 Å². The van der Waals surface area contributed by atoms with E-state index in [1.54, 1.807) is 22.8 Å². The minimum Gasteiger partial charge on any atom is -0.339 e. The summed E-state index contributed by atoms with van der Waals surface area (Å²) in [5.74, 6) is 0.526. The quantitative estimate of drug-likeness (QED) is 0.728. The third-order valence-electron chi connectivity index (χ3n) is 5.49. The molecular formula is C21H21FN6O. The lowest BCUT2D eigenvalue weighted by Crippen LogP contribution is -2.41. The van der Waals surface area contributed by atoms with Crippen molar-refractivity contribution in [3.63, 3.8) is 0 Å². The zero-order valence-corrected chi connectivity index (χ0v) is 16.1. The predicted molar refractivity (Wildman–Crippen MR) is 109 cm³/mol. The van der Waals surface area contributed by atoms with Gasteiger partial charge < -0.3 is 10.2 Å². The molecule has 0 spiro atoms. The van der Waals surface area contributed by atoms with Crippen LogP contribution in [0.15, 0.2) is 41.5 Å². The number of hydrogen-bond acceptors (Lipinski definition) is 5. The molecule has 1 unspecified atom stereocenters. The van der Waals surface area contributed by atoms with E-state index < -0.39 is 6.17 Å². The Bertz CT molecular complexity index is 1140. The maximum Gasteiger partial charge on any atom is 0.275 e. The van der Waals surface area contributed by atoms with Crippen LogP contribution in [0.4, 0.5) is 10.1 Å². The Hall–Kier alpha value is -3.29. The van der Waals surface area contributed by atoms with Crippen molar-refractivity contribution >= 4 is 28.3 Å². The number of benzene rings is 1. The van der Waals surface area contributed by atoms with Gasteiger partial charge in [-0.25, -0.2) is 4.39 Å². The first-order valence-electron chi connectivity index (χ1n) is 9.76. The number of nitrogens with zero attached hydrogens (tertiary/aromatic N) is 5. The smallest absolute Gasteiger partial charge is 0.275 e. The summed E-state index contributed by atoms with van der Waals surface area (Å²) in [6, 6.07) is 9.65. The van der Waals surface area contributed by atoms with E-state index in [-0.39, 0.29) is 12.5 Å². The van der Waals surface area contributed by atoms with Crippen LogP contribution in [0.2, 0.25) is 0 Å². The van der Waals surface area contributed by atoms with Crippen LogP contribution in [-0.4, -0.2) is 50.7 Å².